The van der Waals surface area contributed by atoms with E-state index in [4.69, 9.17) is 71.9 Å². The monoisotopic (exact) mass is 1140 g/mol. The van der Waals surface area contributed by atoms with Crippen LogP contribution < -0.4 is 17.2 Å². The molecule has 0 saturated heterocycles. The van der Waals surface area contributed by atoms with E-state index < -0.39 is 47.6 Å². The van der Waals surface area contributed by atoms with Gasteiger partial charge >= 0.3 is 41.8 Å². The van der Waals surface area contributed by atoms with Gasteiger partial charge in [0, 0.05) is 58.4 Å². The first-order chi connectivity index (χ1) is 36.5. The molecule has 0 bridgehead atoms. The summed E-state index contributed by atoms with van der Waals surface area (Å²) in [4.78, 5) is 81.8. The van der Waals surface area contributed by atoms with Crippen molar-refractivity contribution in [2.24, 2.45) is 70.5 Å². The lowest BCUT2D eigenvalue weighted by atomic mass is 9.91. The summed E-state index contributed by atoms with van der Waals surface area (Å²) >= 11 is 0. The summed E-state index contributed by atoms with van der Waals surface area (Å²) in [6.07, 6.45) is 8.71. The van der Waals surface area contributed by atoms with Gasteiger partial charge in [0.1, 0.15) is 0 Å². The highest BCUT2D eigenvalue weighted by atomic mass is 16.5. The number of ether oxygens (including phenoxy) is 4. The van der Waals surface area contributed by atoms with Crippen molar-refractivity contribution in [2.75, 3.05) is 53.7 Å². The van der Waals surface area contributed by atoms with Crippen LogP contribution in [0.3, 0.4) is 0 Å². The number of rotatable bonds is 37. The summed E-state index contributed by atoms with van der Waals surface area (Å²) in [5.41, 5.74) is 16.5. The van der Waals surface area contributed by atoms with Gasteiger partial charge in [-0.25, -0.2) is 9.59 Å². The molecule has 0 radical (unpaired) electrons. The van der Waals surface area contributed by atoms with Gasteiger partial charge in [-0.1, -0.05) is 103 Å². The van der Waals surface area contributed by atoms with E-state index in [1.807, 2.05) is 55.4 Å². The van der Waals surface area contributed by atoms with Crippen LogP contribution >= 0.6 is 0 Å². The Balaban J connectivity index is -0.000000154. The van der Waals surface area contributed by atoms with Gasteiger partial charge in [0.15, 0.2) is 0 Å². The van der Waals surface area contributed by atoms with Crippen LogP contribution in [-0.2, 0) is 57.3 Å². The summed E-state index contributed by atoms with van der Waals surface area (Å²) in [5, 5.41) is 58.6. The molecule has 22 nitrogen and oxygen atoms in total. The molecule has 0 aliphatic rings. The molecule has 5 unspecified atom stereocenters. The van der Waals surface area contributed by atoms with E-state index in [0.717, 1.165) is 19.3 Å². The number of carbonyl (C=O) groups is 8. The summed E-state index contributed by atoms with van der Waals surface area (Å²) in [6.45, 7) is 31.5. The van der Waals surface area contributed by atoms with Gasteiger partial charge in [-0.3, -0.25) is 28.8 Å². The number of aliphatic carboxylic acids is 7. The van der Waals surface area contributed by atoms with Crippen molar-refractivity contribution in [3.05, 3.63) is 12.2 Å². The molecular weight excluding hydrogens is 1030 g/mol. The Morgan fingerprint density at radius 3 is 1.25 bits per heavy atom. The molecule has 470 valence electrons. The first-order valence-corrected chi connectivity index (χ1v) is 27.6. The number of Topliss-reactive ketones (excluding diaryl/α,β-unsaturated/α-hetero) is 1. The highest BCUT2D eigenvalue weighted by Crippen LogP contribution is 2.16. The van der Waals surface area contributed by atoms with Crippen LogP contribution in [0.5, 0.6) is 0 Å². The molecule has 22 heteroatoms. The SMILES string of the molecule is CC(C)C(CN)CCC(=O)O.CC(C)C(N)CCC(=O)O.CC(C)C/C=C\C(=O)O.CC(C)CC(CN)CC(=O)O.CC(C)CCC(=O)C(=O)O.COCCOC(CC(=O)O)CC(C)C.COCCOC(CCC(=O)O)C(C)C. The van der Waals surface area contributed by atoms with Crippen LogP contribution in [0.1, 0.15) is 180 Å². The lowest BCUT2D eigenvalue weighted by molar-refractivity contribution is -0.149. The van der Waals surface area contributed by atoms with Gasteiger partial charge in [-0.05, 0) is 111 Å². The zero-order chi connectivity index (χ0) is 63.2. The fraction of sp³-hybridized carbons (Fsp3) is 0.825. The second kappa shape index (κ2) is 59.5. The average Bonchev–Trinajstić information content (AvgIpc) is 3.31. The molecule has 0 fully saturated rings. The number of carbonyl (C=O) groups excluding carboxylic acids is 1. The highest BCUT2D eigenvalue weighted by Gasteiger charge is 2.17. The third kappa shape index (κ3) is 82.4. The molecule has 0 saturated carbocycles. The molecule has 0 aliphatic carbocycles. The predicted octanol–water partition coefficient (Wildman–Crippen LogP) is 8.83. The van der Waals surface area contributed by atoms with Crippen molar-refractivity contribution in [1.29, 1.82) is 0 Å². The van der Waals surface area contributed by atoms with E-state index >= 15 is 0 Å². The number of methoxy groups -OCH3 is 2. The Bertz CT molecular complexity index is 1550. The maximum absolute atomic E-state index is 10.5. The molecular formula is C57H113N3O19. The third-order valence-corrected chi connectivity index (χ3v) is 11.0. The normalized spacial score (nSPS) is 12.6. The van der Waals surface area contributed by atoms with Gasteiger partial charge in [-0.15, -0.1) is 0 Å². The van der Waals surface area contributed by atoms with Crippen molar-refractivity contribution < 1.29 is 93.0 Å². The third-order valence-electron chi connectivity index (χ3n) is 11.0. The molecule has 79 heavy (non-hydrogen) atoms. The van der Waals surface area contributed by atoms with E-state index in [1.165, 1.54) is 6.08 Å². The summed E-state index contributed by atoms with van der Waals surface area (Å²) < 4.78 is 20.6. The predicted molar refractivity (Wildman–Crippen MR) is 308 cm³/mol. The van der Waals surface area contributed by atoms with Gasteiger partial charge in [0.25, 0.3) is 0 Å². The molecule has 0 spiro atoms. The quantitative estimate of drug-likeness (QED) is 0.0158. The number of nitrogens with two attached hydrogens (primary N) is 3. The lowest BCUT2D eigenvalue weighted by Crippen LogP contribution is -2.26. The smallest absolute Gasteiger partial charge is 0.372 e. The van der Waals surface area contributed by atoms with Crippen LogP contribution in [0.2, 0.25) is 0 Å². The molecule has 0 aromatic heterocycles. The lowest BCUT2D eigenvalue weighted by Gasteiger charge is -2.20. The van der Waals surface area contributed by atoms with Crippen LogP contribution in [-0.4, -0.2) is 155 Å². The minimum atomic E-state index is -1.32. The van der Waals surface area contributed by atoms with E-state index in [0.29, 0.717) is 113 Å². The van der Waals surface area contributed by atoms with Gasteiger partial charge < -0.3 is 71.9 Å². The van der Waals surface area contributed by atoms with Gasteiger partial charge in [0.2, 0.25) is 5.78 Å². The summed E-state index contributed by atoms with van der Waals surface area (Å²) in [6, 6.07) is 0.0242. The Morgan fingerprint density at radius 2 is 0.924 bits per heavy atom. The van der Waals surface area contributed by atoms with Crippen LogP contribution in [0, 0.1) is 53.3 Å². The van der Waals surface area contributed by atoms with Crippen molar-refractivity contribution in [3.63, 3.8) is 0 Å². The number of hydrogen-bond acceptors (Lipinski definition) is 15. The molecule has 0 aromatic rings. The van der Waals surface area contributed by atoms with E-state index in [1.54, 1.807) is 20.3 Å². The number of carboxylic acid groups (broad SMARTS) is 7. The van der Waals surface area contributed by atoms with Crippen molar-refractivity contribution >= 4 is 47.6 Å². The first kappa shape index (κ1) is 88.3. The van der Waals surface area contributed by atoms with Crippen molar-refractivity contribution in [3.8, 4) is 0 Å². The second-order valence-corrected chi connectivity index (χ2v) is 21.7. The number of carboxylic acids is 7. The Kier molecular flexibility index (Phi) is 66.5. The van der Waals surface area contributed by atoms with Crippen molar-refractivity contribution in [2.45, 2.75) is 199 Å². The molecule has 0 aromatic carbocycles. The van der Waals surface area contributed by atoms with Crippen LogP contribution in [0.4, 0.5) is 0 Å². The van der Waals surface area contributed by atoms with Gasteiger partial charge in [0.05, 0.1) is 45.1 Å². The van der Waals surface area contributed by atoms with E-state index in [9.17, 15) is 38.4 Å². The molecule has 0 heterocycles. The fourth-order valence-electron chi connectivity index (χ4n) is 6.19. The standard InChI is InChI=1S/2C10H20O4.2C8H17NO2.C7H15NO2.C7H12O3.C7H12O2/c1-8(2)6-9(7-10(11)12)14-5-4-13-3;1-8(2)9(4-5-10(11)12)14-7-6-13-3;1-6(2)3-7(5-9)4-8(10)11;1-6(2)7(5-9)3-4-8(10)11;1-5(2)6(8)3-4-7(9)10;1-5(2)3-4-6(8)7(9)10;1-6(2)4-3-5-7(8)9/h2*8-9H,4-7H2,1-3H3,(H,11,12);2*6-7H,3-5,9H2,1-2H3,(H,10,11);5-6H,3-4,8H2,1-2H3,(H,9,10);5H,3-4H2,1-2H3,(H,9,10);3,5-6H,4H2,1-2H3,(H,8,9)/b;;;;;;5-3-. The van der Waals surface area contributed by atoms with E-state index in [2.05, 4.69) is 41.5 Å². The van der Waals surface area contributed by atoms with Crippen molar-refractivity contribution in [1.82, 2.24) is 0 Å². The van der Waals surface area contributed by atoms with Crippen LogP contribution in [0.25, 0.3) is 0 Å². The van der Waals surface area contributed by atoms with E-state index in [-0.39, 0.29) is 62.7 Å². The Morgan fingerprint density at radius 1 is 0.468 bits per heavy atom. The average molecular weight is 1140 g/mol. The number of ketones is 1. The number of hydrogen-bond donors (Lipinski definition) is 10. The molecule has 5 atom stereocenters. The van der Waals surface area contributed by atoms with Crippen LogP contribution in [0.15, 0.2) is 12.2 Å². The largest absolute Gasteiger partial charge is 0.481 e. The molecule has 13 N–H and O–H groups in total. The molecule has 0 amide bonds. The maximum atomic E-state index is 10.5. The summed E-state index contributed by atoms with van der Waals surface area (Å²) in [7, 11) is 3.21. The zero-order valence-electron chi connectivity index (χ0n) is 51.3. The second-order valence-electron chi connectivity index (χ2n) is 21.7. The highest BCUT2D eigenvalue weighted by molar-refractivity contribution is 6.32. The zero-order valence-corrected chi connectivity index (χ0v) is 51.3. The molecule has 0 aliphatic heterocycles. The first-order valence-electron chi connectivity index (χ1n) is 27.6. The summed E-state index contributed by atoms with van der Waals surface area (Å²) in [5.74, 6) is -3.09. The number of allylic oxidation sites excluding steroid dienone is 1. The minimum Gasteiger partial charge on any atom is -0.481 e. The van der Waals surface area contributed by atoms with Gasteiger partial charge in [-0.2, -0.15) is 0 Å². The molecule has 0 rings (SSSR count). The Labute approximate surface area is 474 Å². The Hall–Kier alpha value is -4.58. The topological polar surface area (TPSA) is 393 Å². The minimum absolute atomic E-state index is 0.0150. The fourth-order valence-corrected chi connectivity index (χ4v) is 6.19. The maximum Gasteiger partial charge on any atom is 0.372 e.